The quantitative estimate of drug-likeness (QED) is 0.370. The van der Waals surface area contributed by atoms with E-state index in [1.165, 1.54) is 37.2 Å². The van der Waals surface area contributed by atoms with E-state index in [0.717, 1.165) is 0 Å². The van der Waals surface area contributed by atoms with Gasteiger partial charge in [-0.1, -0.05) is 56.3 Å². The standard InChI is InChI=1S/C19H32O5Si/c1-7-25(8-2,9-3)14(4)12-19-18(23-16(6)21)11-10-17(24-19)13-22-15(5)20/h10-12,17-19H,7-9,13H2,1-6H3/b14-12+/t17-,18+,19+/m0/s1. The number of ether oxygens (including phenoxy) is 3. The van der Waals surface area contributed by atoms with Crippen LogP contribution in [0.4, 0.5) is 0 Å². The number of esters is 2. The first-order valence-electron chi connectivity index (χ1n) is 9.11. The van der Waals surface area contributed by atoms with Crippen LogP contribution in [0, 0.1) is 0 Å². The molecule has 142 valence electrons. The van der Waals surface area contributed by atoms with Gasteiger partial charge in [0.15, 0.2) is 0 Å². The zero-order chi connectivity index (χ0) is 19.0. The van der Waals surface area contributed by atoms with Crippen molar-refractivity contribution in [2.45, 2.75) is 78.0 Å². The summed E-state index contributed by atoms with van der Waals surface area (Å²) in [6.07, 6.45) is 4.62. The third kappa shape index (κ3) is 6.11. The van der Waals surface area contributed by atoms with Gasteiger partial charge in [0.2, 0.25) is 0 Å². The molecule has 0 saturated heterocycles. The van der Waals surface area contributed by atoms with E-state index >= 15 is 0 Å². The summed E-state index contributed by atoms with van der Waals surface area (Å²) in [5.41, 5.74) is 0. The lowest BCUT2D eigenvalue weighted by Crippen LogP contribution is -2.41. The Kier molecular flexibility index (Phi) is 8.59. The molecule has 0 fully saturated rings. The summed E-state index contributed by atoms with van der Waals surface area (Å²) in [5, 5.41) is 1.38. The molecule has 3 atom stereocenters. The van der Waals surface area contributed by atoms with Crippen LogP contribution in [0.15, 0.2) is 23.4 Å². The maximum atomic E-state index is 11.4. The predicted molar refractivity (Wildman–Crippen MR) is 101 cm³/mol. The number of hydrogen-bond donors (Lipinski definition) is 0. The SMILES string of the molecule is CC[Si](CC)(CC)/C(C)=C/[C@H]1O[C@H](COC(C)=O)C=C[C@H]1OC(C)=O. The second kappa shape index (κ2) is 9.92. The second-order valence-corrected chi connectivity index (χ2v) is 12.1. The summed E-state index contributed by atoms with van der Waals surface area (Å²) in [5.74, 6) is -0.672. The van der Waals surface area contributed by atoms with Crippen molar-refractivity contribution in [3.63, 3.8) is 0 Å². The molecule has 5 nitrogen and oxygen atoms in total. The molecule has 0 aromatic heterocycles. The summed E-state index contributed by atoms with van der Waals surface area (Å²) in [7, 11) is -1.50. The van der Waals surface area contributed by atoms with Crippen molar-refractivity contribution in [3.8, 4) is 0 Å². The minimum atomic E-state index is -1.50. The van der Waals surface area contributed by atoms with Gasteiger partial charge in [0.05, 0.1) is 8.07 Å². The Balaban J connectivity index is 3.03. The molecule has 25 heavy (non-hydrogen) atoms. The van der Waals surface area contributed by atoms with E-state index in [0.29, 0.717) is 0 Å². The van der Waals surface area contributed by atoms with E-state index in [-0.39, 0.29) is 30.8 Å². The maximum absolute atomic E-state index is 11.4. The first-order valence-corrected chi connectivity index (χ1v) is 11.7. The Morgan fingerprint density at radius 2 is 1.64 bits per heavy atom. The van der Waals surface area contributed by atoms with Gasteiger partial charge in [-0.15, -0.1) is 0 Å². The zero-order valence-electron chi connectivity index (χ0n) is 16.3. The van der Waals surface area contributed by atoms with Crippen molar-refractivity contribution < 1.29 is 23.8 Å². The summed E-state index contributed by atoms with van der Waals surface area (Å²) in [4.78, 5) is 22.4. The van der Waals surface area contributed by atoms with E-state index in [2.05, 4.69) is 33.8 Å². The molecular weight excluding hydrogens is 336 g/mol. The Morgan fingerprint density at radius 3 is 2.12 bits per heavy atom. The highest BCUT2D eigenvalue weighted by Gasteiger charge is 2.33. The molecule has 0 radical (unpaired) electrons. The third-order valence-corrected chi connectivity index (χ3v) is 11.1. The Hall–Kier alpha value is -1.40. The molecule has 0 N–H and O–H groups in total. The van der Waals surface area contributed by atoms with Gasteiger partial charge in [0.1, 0.15) is 24.9 Å². The molecule has 0 unspecified atom stereocenters. The fraction of sp³-hybridized carbons (Fsp3) is 0.684. The van der Waals surface area contributed by atoms with Gasteiger partial charge in [0.25, 0.3) is 0 Å². The molecule has 0 bridgehead atoms. The Bertz CT molecular complexity index is 514. The molecule has 6 heteroatoms. The zero-order valence-corrected chi connectivity index (χ0v) is 17.3. The van der Waals surface area contributed by atoms with Gasteiger partial charge in [-0.3, -0.25) is 9.59 Å². The predicted octanol–water partition coefficient (Wildman–Crippen LogP) is 3.80. The van der Waals surface area contributed by atoms with Gasteiger partial charge in [0, 0.05) is 13.8 Å². The minimum Gasteiger partial charge on any atom is -0.463 e. The normalized spacial score (nSPS) is 24.1. The van der Waals surface area contributed by atoms with E-state index in [9.17, 15) is 9.59 Å². The van der Waals surface area contributed by atoms with Gasteiger partial charge >= 0.3 is 11.9 Å². The lowest BCUT2D eigenvalue weighted by molar-refractivity contribution is -0.154. The molecule has 1 heterocycles. The topological polar surface area (TPSA) is 61.8 Å². The second-order valence-electron chi connectivity index (χ2n) is 6.59. The number of hydrogen-bond acceptors (Lipinski definition) is 5. The van der Waals surface area contributed by atoms with Crippen molar-refractivity contribution in [2.24, 2.45) is 0 Å². The average molecular weight is 369 g/mol. The molecule has 0 aliphatic carbocycles. The molecule has 0 aromatic rings. The van der Waals surface area contributed by atoms with Crippen LogP contribution in [0.5, 0.6) is 0 Å². The highest BCUT2D eigenvalue weighted by Crippen LogP contribution is 2.30. The number of carbonyl (C=O) groups is 2. The first kappa shape index (κ1) is 21.6. The summed E-state index contributed by atoms with van der Waals surface area (Å²) >= 11 is 0. The Morgan fingerprint density at radius 1 is 1.04 bits per heavy atom. The lowest BCUT2D eigenvalue weighted by atomic mass is 10.1. The molecule has 1 aliphatic heterocycles. The molecule has 1 aliphatic rings. The molecule has 0 saturated carbocycles. The Labute approximate surface area is 152 Å². The fourth-order valence-electron chi connectivity index (χ4n) is 3.40. The minimum absolute atomic E-state index is 0.167. The van der Waals surface area contributed by atoms with Gasteiger partial charge in [-0.05, 0) is 13.0 Å². The van der Waals surface area contributed by atoms with Crippen molar-refractivity contribution >= 4 is 20.0 Å². The molecule has 0 spiro atoms. The summed E-state index contributed by atoms with van der Waals surface area (Å²) in [6, 6.07) is 3.54. The number of rotatable bonds is 8. The van der Waals surface area contributed by atoms with Crippen molar-refractivity contribution in [2.75, 3.05) is 6.61 Å². The van der Waals surface area contributed by atoms with E-state index in [1.807, 2.05) is 6.08 Å². The molecule has 0 aromatic carbocycles. The van der Waals surface area contributed by atoms with Crippen LogP contribution in [0.25, 0.3) is 0 Å². The summed E-state index contributed by atoms with van der Waals surface area (Å²) in [6.45, 7) is 11.9. The number of carbonyl (C=O) groups excluding carboxylic acids is 2. The monoisotopic (exact) mass is 368 g/mol. The highest BCUT2D eigenvalue weighted by atomic mass is 28.3. The molecule has 0 amide bonds. The van der Waals surface area contributed by atoms with Crippen molar-refractivity contribution in [1.82, 2.24) is 0 Å². The summed E-state index contributed by atoms with van der Waals surface area (Å²) < 4.78 is 16.5. The number of allylic oxidation sites excluding steroid dienone is 1. The average Bonchev–Trinajstić information content (AvgIpc) is 2.56. The smallest absolute Gasteiger partial charge is 0.303 e. The van der Waals surface area contributed by atoms with Gasteiger partial charge in [-0.25, -0.2) is 0 Å². The van der Waals surface area contributed by atoms with E-state index in [4.69, 9.17) is 14.2 Å². The molecule has 1 rings (SSSR count). The third-order valence-electron chi connectivity index (χ3n) is 5.21. The largest absolute Gasteiger partial charge is 0.463 e. The van der Waals surface area contributed by atoms with Crippen LogP contribution in [0.3, 0.4) is 0 Å². The van der Waals surface area contributed by atoms with Gasteiger partial charge < -0.3 is 14.2 Å². The van der Waals surface area contributed by atoms with Crippen LogP contribution in [-0.4, -0.2) is 44.9 Å². The van der Waals surface area contributed by atoms with Crippen LogP contribution >= 0.6 is 0 Å². The lowest BCUT2D eigenvalue weighted by Gasteiger charge is -2.34. The van der Waals surface area contributed by atoms with Crippen LogP contribution in [0.2, 0.25) is 18.1 Å². The maximum Gasteiger partial charge on any atom is 0.303 e. The van der Waals surface area contributed by atoms with Crippen LogP contribution in [-0.2, 0) is 23.8 Å². The van der Waals surface area contributed by atoms with Crippen LogP contribution < -0.4 is 0 Å². The van der Waals surface area contributed by atoms with Crippen molar-refractivity contribution in [1.29, 1.82) is 0 Å². The van der Waals surface area contributed by atoms with E-state index in [1.54, 1.807) is 6.08 Å². The highest BCUT2D eigenvalue weighted by molar-refractivity contribution is 6.86. The van der Waals surface area contributed by atoms with Gasteiger partial charge in [-0.2, -0.15) is 0 Å². The van der Waals surface area contributed by atoms with E-state index < -0.39 is 14.2 Å². The van der Waals surface area contributed by atoms with Crippen molar-refractivity contribution in [3.05, 3.63) is 23.4 Å². The van der Waals surface area contributed by atoms with Crippen LogP contribution in [0.1, 0.15) is 41.5 Å². The fourth-order valence-corrected chi connectivity index (χ4v) is 7.09. The first-order chi connectivity index (χ1) is 11.8. The molecular formula is C19H32O5Si.